The molecule has 0 saturated carbocycles. The first-order chi connectivity index (χ1) is 12.4. The summed E-state index contributed by atoms with van der Waals surface area (Å²) in [7, 11) is -8.22. The van der Waals surface area contributed by atoms with Crippen molar-refractivity contribution >= 4 is 31.5 Å². The van der Waals surface area contributed by atoms with Crippen LogP contribution in [0.15, 0.2) is 57.2 Å². The van der Waals surface area contributed by atoms with E-state index >= 15 is 0 Å². The molecule has 0 fully saturated rings. The Kier molecular flexibility index (Phi) is 5.71. The first-order valence-corrected chi connectivity index (χ1v) is 11.0. The van der Waals surface area contributed by atoms with E-state index in [1.165, 1.54) is 31.2 Å². The normalized spacial score (nSPS) is 11.8. The van der Waals surface area contributed by atoms with Gasteiger partial charge in [-0.1, -0.05) is 18.2 Å². The molecule has 0 heterocycles. The number of hydrogen-bond acceptors (Lipinski definition) is 5. The molecule has 0 aliphatic rings. The van der Waals surface area contributed by atoms with E-state index in [0.717, 1.165) is 6.07 Å². The summed E-state index contributed by atoms with van der Waals surface area (Å²) < 4.78 is 50.3. The van der Waals surface area contributed by atoms with Gasteiger partial charge >= 0.3 is 0 Å². The van der Waals surface area contributed by atoms with Gasteiger partial charge in [-0.05, 0) is 49.2 Å². The SMILES string of the molecule is Cc1cc(S(=O)(=O)CS(=O)(=O)c2ccccc2C)ccc1C(=O)N=C(N)N. The molecule has 0 aliphatic heterocycles. The lowest BCUT2D eigenvalue weighted by Crippen LogP contribution is -2.24. The number of aliphatic imine (C=N–C) groups is 1. The Balaban J connectivity index is 2.40. The maximum atomic E-state index is 12.6. The Morgan fingerprint density at radius 3 is 2.11 bits per heavy atom. The quantitative estimate of drug-likeness (QED) is 0.550. The van der Waals surface area contributed by atoms with E-state index in [2.05, 4.69) is 4.99 Å². The van der Waals surface area contributed by atoms with Crippen molar-refractivity contribution in [1.29, 1.82) is 0 Å². The summed E-state index contributed by atoms with van der Waals surface area (Å²) in [6.07, 6.45) is 0. The van der Waals surface area contributed by atoms with Crippen LogP contribution in [0.25, 0.3) is 0 Å². The maximum Gasteiger partial charge on any atom is 0.280 e. The molecule has 0 aromatic heterocycles. The number of amides is 1. The van der Waals surface area contributed by atoms with Gasteiger partial charge < -0.3 is 11.5 Å². The van der Waals surface area contributed by atoms with Crippen molar-refractivity contribution in [3.05, 3.63) is 59.2 Å². The molecule has 0 aliphatic carbocycles. The maximum absolute atomic E-state index is 12.6. The van der Waals surface area contributed by atoms with Crippen molar-refractivity contribution in [2.45, 2.75) is 23.6 Å². The number of nitrogens with zero attached hydrogens (tertiary/aromatic N) is 1. The summed E-state index contributed by atoms with van der Waals surface area (Å²) in [6.45, 7) is 3.10. The highest BCUT2D eigenvalue weighted by Crippen LogP contribution is 2.23. The monoisotopic (exact) mass is 409 g/mol. The summed E-state index contributed by atoms with van der Waals surface area (Å²) in [5, 5.41) is -1.08. The van der Waals surface area contributed by atoms with Gasteiger partial charge in [0.15, 0.2) is 30.7 Å². The number of benzene rings is 2. The summed E-state index contributed by atoms with van der Waals surface area (Å²) in [5.41, 5.74) is 11.2. The highest BCUT2D eigenvalue weighted by atomic mass is 32.3. The van der Waals surface area contributed by atoms with Gasteiger partial charge in [-0.25, -0.2) is 16.8 Å². The van der Waals surface area contributed by atoms with Crippen molar-refractivity contribution in [1.82, 2.24) is 0 Å². The molecule has 27 heavy (non-hydrogen) atoms. The molecular weight excluding hydrogens is 390 g/mol. The van der Waals surface area contributed by atoms with Crippen LogP contribution in [0.3, 0.4) is 0 Å². The molecule has 8 nitrogen and oxygen atoms in total. The summed E-state index contributed by atoms with van der Waals surface area (Å²) in [5.74, 6) is -1.13. The third-order valence-electron chi connectivity index (χ3n) is 3.76. The average molecular weight is 409 g/mol. The molecule has 2 aromatic rings. The molecule has 0 bridgehead atoms. The van der Waals surface area contributed by atoms with Gasteiger partial charge in [0.05, 0.1) is 9.79 Å². The molecule has 0 radical (unpaired) electrons. The fraction of sp³-hybridized carbons (Fsp3) is 0.176. The number of carbonyl (C=O) groups excluding carboxylic acids is 1. The van der Waals surface area contributed by atoms with E-state index in [9.17, 15) is 21.6 Å². The smallest absolute Gasteiger partial charge is 0.280 e. The number of rotatable bonds is 5. The van der Waals surface area contributed by atoms with Crippen LogP contribution in [0.4, 0.5) is 0 Å². The molecule has 0 atom stereocenters. The van der Waals surface area contributed by atoms with E-state index in [1.807, 2.05) is 0 Å². The number of aryl methyl sites for hydroxylation is 2. The standard InChI is InChI=1S/C17H19N3O5S2/c1-11-5-3-4-6-15(11)27(24,25)10-26(22,23)13-7-8-14(12(2)9-13)16(21)20-17(18)19/h3-9H,10H2,1-2H3,(H4,18,19,20,21). The highest BCUT2D eigenvalue weighted by molar-refractivity contribution is 8.08. The van der Waals surface area contributed by atoms with E-state index in [4.69, 9.17) is 11.5 Å². The second-order valence-electron chi connectivity index (χ2n) is 5.93. The van der Waals surface area contributed by atoms with Crippen LogP contribution in [-0.4, -0.2) is 33.8 Å². The van der Waals surface area contributed by atoms with Crippen LogP contribution in [-0.2, 0) is 19.7 Å². The Hall–Kier alpha value is -2.72. The molecule has 0 unspecified atom stereocenters. The summed E-state index contributed by atoms with van der Waals surface area (Å²) >= 11 is 0. The predicted octanol–water partition coefficient (Wildman–Crippen LogP) is 0.922. The van der Waals surface area contributed by atoms with Gasteiger partial charge in [0.25, 0.3) is 5.91 Å². The second-order valence-corrected chi connectivity index (χ2v) is 10.2. The minimum Gasteiger partial charge on any atom is -0.370 e. The average Bonchev–Trinajstić information content (AvgIpc) is 2.53. The second kappa shape index (κ2) is 7.49. The van der Waals surface area contributed by atoms with E-state index in [0.29, 0.717) is 11.1 Å². The van der Waals surface area contributed by atoms with E-state index in [-0.39, 0.29) is 15.4 Å². The van der Waals surface area contributed by atoms with E-state index in [1.54, 1.807) is 19.1 Å². The fourth-order valence-corrected chi connectivity index (χ4v) is 6.65. The summed E-state index contributed by atoms with van der Waals surface area (Å²) in [4.78, 5) is 15.0. The third-order valence-corrected chi connectivity index (χ3v) is 8.34. The van der Waals surface area contributed by atoms with Crippen LogP contribution >= 0.6 is 0 Å². The minimum atomic E-state index is -4.16. The Bertz CT molecular complexity index is 1130. The van der Waals surface area contributed by atoms with Crippen LogP contribution < -0.4 is 11.5 Å². The van der Waals surface area contributed by atoms with Gasteiger partial charge in [0.1, 0.15) is 0 Å². The Morgan fingerprint density at radius 1 is 0.926 bits per heavy atom. The van der Waals surface area contributed by atoms with Gasteiger partial charge in [-0.3, -0.25) is 4.79 Å². The van der Waals surface area contributed by atoms with Gasteiger partial charge in [-0.15, -0.1) is 0 Å². The van der Waals surface area contributed by atoms with Crippen molar-refractivity contribution in [3.63, 3.8) is 0 Å². The molecular formula is C17H19N3O5S2. The first-order valence-electron chi connectivity index (χ1n) is 7.70. The molecule has 1 amide bonds. The van der Waals surface area contributed by atoms with Crippen molar-refractivity contribution < 1.29 is 21.6 Å². The molecule has 10 heteroatoms. The van der Waals surface area contributed by atoms with E-state index < -0.39 is 36.6 Å². The number of guanidine groups is 1. The van der Waals surface area contributed by atoms with Crippen LogP contribution in [0.1, 0.15) is 21.5 Å². The predicted molar refractivity (Wildman–Crippen MR) is 102 cm³/mol. The number of hydrogen-bond donors (Lipinski definition) is 2. The largest absolute Gasteiger partial charge is 0.370 e. The number of nitrogens with two attached hydrogens (primary N) is 2. The van der Waals surface area contributed by atoms with Crippen molar-refractivity contribution in [2.24, 2.45) is 16.5 Å². The lowest BCUT2D eigenvalue weighted by Gasteiger charge is -2.10. The zero-order valence-corrected chi connectivity index (χ0v) is 16.3. The first kappa shape index (κ1) is 20.6. The zero-order chi connectivity index (χ0) is 20.4. The van der Waals surface area contributed by atoms with Crippen LogP contribution in [0, 0.1) is 13.8 Å². The van der Waals surface area contributed by atoms with Gasteiger partial charge in [0, 0.05) is 5.56 Å². The molecule has 2 rings (SSSR count). The third kappa shape index (κ3) is 4.72. The minimum absolute atomic E-state index is 0.0372. The van der Waals surface area contributed by atoms with Crippen LogP contribution in [0.5, 0.6) is 0 Å². The lowest BCUT2D eigenvalue weighted by molar-refractivity contribution is 0.100. The van der Waals surface area contributed by atoms with Gasteiger partial charge in [-0.2, -0.15) is 4.99 Å². The Morgan fingerprint density at radius 2 is 1.56 bits per heavy atom. The topological polar surface area (TPSA) is 150 Å². The lowest BCUT2D eigenvalue weighted by atomic mass is 10.1. The molecule has 0 spiro atoms. The highest BCUT2D eigenvalue weighted by Gasteiger charge is 2.27. The van der Waals surface area contributed by atoms with Crippen molar-refractivity contribution in [3.8, 4) is 0 Å². The molecule has 4 N–H and O–H groups in total. The molecule has 2 aromatic carbocycles. The number of sulfone groups is 2. The summed E-state index contributed by atoms with van der Waals surface area (Å²) in [6, 6.07) is 9.77. The molecule has 144 valence electrons. The number of carbonyl (C=O) groups is 1. The molecule has 0 saturated heterocycles. The fourth-order valence-electron chi connectivity index (χ4n) is 2.49. The van der Waals surface area contributed by atoms with Crippen LogP contribution in [0.2, 0.25) is 0 Å². The zero-order valence-electron chi connectivity index (χ0n) is 14.7. The Labute approximate surface area is 157 Å². The van der Waals surface area contributed by atoms with Gasteiger partial charge in [0.2, 0.25) is 0 Å². The van der Waals surface area contributed by atoms with Crippen molar-refractivity contribution in [2.75, 3.05) is 5.08 Å².